The van der Waals surface area contributed by atoms with E-state index < -0.39 is 11.8 Å². The summed E-state index contributed by atoms with van der Waals surface area (Å²) in [5.74, 6) is -0.834. The van der Waals surface area contributed by atoms with Gasteiger partial charge < -0.3 is 10.0 Å². The Morgan fingerprint density at radius 2 is 1.87 bits per heavy atom. The maximum Gasteiger partial charge on any atom is 0.335 e. The van der Waals surface area contributed by atoms with Crippen molar-refractivity contribution < 1.29 is 18.7 Å². The van der Waals surface area contributed by atoms with Crippen molar-refractivity contribution in [2.45, 2.75) is 38.5 Å². The first kappa shape index (κ1) is 26.6. The van der Waals surface area contributed by atoms with E-state index in [9.17, 15) is 18.7 Å². The summed E-state index contributed by atoms with van der Waals surface area (Å²) in [6.45, 7) is 2.60. The highest BCUT2D eigenvalue weighted by molar-refractivity contribution is 6.33. The van der Waals surface area contributed by atoms with Gasteiger partial charge in [0, 0.05) is 13.1 Å². The number of alkyl halides is 1. The Balaban J connectivity index is 1.52. The van der Waals surface area contributed by atoms with Gasteiger partial charge in [0.1, 0.15) is 5.82 Å². The first-order chi connectivity index (χ1) is 18.4. The van der Waals surface area contributed by atoms with E-state index in [-0.39, 0.29) is 17.3 Å². The van der Waals surface area contributed by atoms with Gasteiger partial charge in [-0.25, -0.2) is 9.18 Å². The predicted octanol–water partition coefficient (Wildman–Crippen LogP) is 7.70. The third-order valence-corrected chi connectivity index (χ3v) is 8.20. The van der Waals surface area contributed by atoms with Gasteiger partial charge >= 0.3 is 5.97 Å². The highest BCUT2D eigenvalue weighted by Gasteiger charge is 2.25. The van der Waals surface area contributed by atoms with E-state index in [4.69, 9.17) is 11.6 Å². The number of hydrogen-bond donors (Lipinski definition) is 1. The summed E-state index contributed by atoms with van der Waals surface area (Å²) in [5.41, 5.74) is 7.11. The summed E-state index contributed by atoms with van der Waals surface area (Å²) in [6.07, 6.45) is 4.94. The zero-order chi connectivity index (χ0) is 26.6. The Kier molecular flexibility index (Phi) is 8.25. The van der Waals surface area contributed by atoms with E-state index >= 15 is 0 Å². The molecule has 1 unspecified atom stereocenters. The summed E-state index contributed by atoms with van der Waals surface area (Å²) in [6, 6.07) is 18.8. The first-order valence-corrected chi connectivity index (χ1v) is 13.7. The molecule has 3 aromatic rings. The molecule has 1 N–H and O–H groups in total. The number of halogens is 3. The van der Waals surface area contributed by atoms with Crippen molar-refractivity contribution >= 4 is 28.7 Å². The third-order valence-electron chi connectivity index (χ3n) is 7.82. The van der Waals surface area contributed by atoms with Crippen LogP contribution in [0.5, 0.6) is 0 Å². The quantitative estimate of drug-likeness (QED) is 0.321. The molecule has 1 aliphatic carbocycles. The highest BCUT2D eigenvalue weighted by atomic mass is 35.5. The molecule has 0 radical (unpaired) electrons. The van der Waals surface area contributed by atoms with Crippen LogP contribution < -0.4 is 0 Å². The summed E-state index contributed by atoms with van der Waals surface area (Å²) in [5, 5.41) is 9.66. The molecule has 2 aliphatic rings. The third kappa shape index (κ3) is 5.69. The number of carbonyl (C=O) groups is 1. The number of carboxylic acid groups (broad SMARTS) is 1. The number of hydrogen-bond acceptors (Lipinski definition) is 2. The fourth-order valence-electron chi connectivity index (χ4n) is 5.96. The van der Waals surface area contributed by atoms with Crippen LogP contribution >= 0.6 is 11.6 Å². The average molecular weight is 536 g/mol. The zero-order valence-electron chi connectivity index (χ0n) is 21.4. The van der Waals surface area contributed by atoms with Crippen molar-refractivity contribution in [3.63, 3.8) is 0 Å². The lowest BCUT2D eigenvalue weighted by Gasteiger charge is -2.19. The molecule has 1 atom stereocenters. The van der Waals surface area contributed by atoms with Gasteiger partial charge in [-0.15, -0.1) is 0 Å². The summed E-state index contributed by atoms with van der Waals surface area (Å²) in [7, 11) is 0. The summed E-state index contributed by atoms with van der Waals surface area (Å²) < 4.78 is 27.1. The Hall–Kier alpha value is -3.02. The van der Waals surface area contributed by atoms with Crippen molar-refractivity contribution in [1.82, 2.24) is 4.90 Å². The van der Waals surface area contributed by atoms with E-state index in [1.165, 1.54) is 11.6 Å². The van der Waals surface area contributed by atoms with Crippen LogP contribution in [0.4, 0.5) is 8.78 Å². The Labute approximate surface area is 227 Å². The number of likely N-dealkylation sites (tertiary alicyclic amines) is 1. The highest BCUT2D eigenvalue weighted by Crippen LogP contribution is 2.42. The van der Waals surface area contributed by atoms with Crippen LogP contribution in [0, 0.1) is 11.7 Å². The van der Waals surface area contributed by atoms with Crippen LogP contribution in [0.3, 0.4) is 0 Å². The zero-order valence-corrected chi connectivity index (χ0v) is 22.1. The van der Waals surface area contributed by atoms with Gasteiger partial charge in [-0.2, -0.15) is 0 Å². The topological polar surface area (TPSA) is 40.5 Å². The first-order valence-electron chi connectivity index (χ1n) is 13.4. The lowest BCUT2D eigenvalue weighted by atomic mass is 9.86. The maximum atomic E-state index is 14.5. The molecule has 38 heavy (non-hydrogen) atoms. The monoisotopic (exact) mass is 535 g/mol. The standard InChI is InChI=1S/C32H32ClF2NO2/c33-31-28(6-2-7-29(31)35)27-5-1-4-24-19-25(32(37)38)12-13-26(24)30(27)23-10-8-21(9-11-23)18-22-14-17-36(20-22)16-3-15-34/h2,6-13,19,22H,1,3-5,14-18,20H2,(H,37,38). The van der Waals surface area contributed by atoms with Crippen LogP contribution in [0.2, 0.25) is 5.02 Å². The Morgan fingerprint density at radius 3 is 2.63 bits per heavy atom. The normalized spacial score (nSPS) is 17.9. The fourth-order valence-corrected chi connectivity index (χ4v) is 6.20. The second-order valence-corrected chi connectivity index (χ2v) is 10.8. The van der Waals surface area contributed by atoms with Crippen molar-refractivity contribution in [1.29, 1.82) is 0 Å². The van der Waals surface area contributed by atoms with Crippen molar-refractivity contribution in [2.75, 3.05) is 26.3 Å². The molecule has 3 nitrogen and oxygen atoms in total. The van der Waals surface area contributed by atoms with Gasteiger partial charge in [0.15, 0.2) is 0 Å². The average Bonchev–Trinajstić information content (AvgIpc) is 3.27. The van der Waals surface area contributed by atoms with Crippen LogP contribution in [-0.4, -0.2) is 42.3 Å². The summed E-state index contributed by atoms with van der Waals surface area (Å²) in [4.78, 5) is 14.0. The van der Waals surface area contributed by atoms with Crippen molar-refractivity contribution in [2.24, 2.45) is 5.92 Å². The number of allylic oxidation sites excluding steroid dienone is 1. The van der Waals surface area contributed by atoms with E-state index in [1.54, 1.807) is 18.2 Å². The Morgan fingerprint density at radius 1 is 1.05 bits per heavy atom. The molecule has 1 fully saturated rings. The van der Waals surface area contributed by atoms with E-state index in [1.807, 2.05) is 12.1 Å². The van der Waals surface area contributed by atoms with Gasteiger partial charge in [-0.3, -0.25) is 4.39 Å². The van der Waals surface area contributed by atoms with Gasteiger partial charge in [0.2, 0.25) is 0 Å². The minimum Gasteiger partial charge on any atom is -0.478 e. The fraction of sp³-hybridized carbons (Fsp3) is 0.344. The largest absolute Gasteiger partial charge is 0.478 e. The number of benzene rings is 3. The van der Waals surface area contributed by atoms with Crippen LogP contribution in [0.25, 0.3) is 11.1 Å². The number of fused-ring (bicyclic) bond motifs is 1. The molecular formula is C32H32ClF2NO2. The minimum atomic E-state index is -0.949. The molecule has 0 bridgehead atoms. The molecule has 0 spiro atoms. The SMILES string of the molecule is O=C(O)c1ccc2c(c1)CCCC(c1cccc(F)c1Cl)=C2c1ccc(CC2CCN(CCCF)C2)cc1. The van der Waals surface area contributed by atoms with Crippen LogP contribution in [-0.2, 0) is 12.8 Å². The summed E-state index contributed by atoms with van der Waals surface area (Å²) >= 11 is 6.48. The number of aromatic carboxylic acids is 1. The number of aryl methyl sites for hydroxylation is 1. The molecule has 0 aromatic heterocycles. The second-order valence-electron chi connectivity index (χ2n) is 10.4. The number of nitrogens with zero attached hydrogens (tertiary/aromatic N) is 1. The van der Waals surface area contributed by atoms with Crippen molar-refractivity contribution in [3.05, 3.63) is 105 Å². The van der Waals surface area contributed by atoms with E-state index in [0.717, 1.165) is 73.2 Å². The lowest BCUT2D eigenvalue weighted by molar-refractivity contribution is 0.0696. The van der Waals surface area contributed by atoms with Crippen LogP contribution in [0.1, 0.15) is 63.9 Å². The number of rotatable bonds is 8. The van der Waals surface area contributed by atoms with Crippen LogP contribution in [0.15, 0.2) is 60.7 Å². The molecule has 5 rings (SSSR count). The van der Waals surface area contributed by atoms with Gasteiger partial charge in [-0.05, 0) is 108 Å². The van der Waals surface area contributed by atoms with E-state index in [2.05, 4.69) is 29.2 Å². The molecule has 0 amide bonds. The molecule has 6 heteroatoms. The Bertz CT molecular complexity index is 1350. The molecule has 3 aromatic carbocycles. The molecule has 1 heterocycles. The van der Waals surface area contributed by atoms with Gasteiger partial charge in [0.05, 0.1) is 17.3 Å². The lowest BCUT2D eigenvalue weighted by Crippen LogP contribution is -2.22. The predicted molar refractivity (Wildman–Crippen MR) is 149 cm³/mol. The van der Waals surface area contributed by atoms with Crippen molar-refractivity contribution in [3.8, 4) is 0 Å². The maximum absolute atomic E-state index is 14.5. The molecule has 1 aliphatic heterocycles. The molecule has 198 valence electrons. The minimum absolute atomic E-state index is 0.112. The number of carboxylic acids is 1. The molecular weight excluding hydrogens is 504 g/mol. The molecule has 1 saturated heterocycles. The van der Waals surface area contributed by atoms with Gasteiger partial charge in [0.25, 0.3) is 0 Å². The van der Waals surface area contributed by atoms with E-state index in [0.29, 0.717) is 24.3 Å². The molecule has 0 saturated carbocycles. The van der Waals surface area contributed by atoms with Gasteiger partial charge in [-0.1, -0.05) is 54.1 Å². The smallest absolute Gasteiger partial charge is 0.335 e. The second kappa shape index (κ2) is 11.8.